The minimum absolute atomic E-state index is 0.114. The number of carbonyl (C=O) groups excluding carboxylic acids is 1. The highest BCUT2D eigenvalue weighted by Gasteiger charge is 2.26. The third-order valence-electron chi connectivity index (χ3n) is 5.18. The number of hydrogen-bond donors (Lipinski definition) is 1. The minimum Gasteiger partial charge on any atom is -0.339 e. The lowest BCUT2D eigenvalue weighted by atomic mass is 10.0. The van der Waals surface area contributed by atoms with Gasteiger partial charge in [0.15, 0.2) is 0 Å². The van der Waals surface area contributed by atoms with Crippen molar-refractivity contribution < 1.29 is 4.79 Å². The van der Waals surface area contributed by atoms with E-state index in [2.05, 4.69) is 40.6 Å². The summed E-state index contributed by atoms with van der Waals surface area (Å²) >= 11 is 0. The number of nitrogens with one attached hydrogen (secondary N) is 1. The van der Waals surface area contributed by atoms with Gasteiger partial charge in [-0.05, 0) is 52.2 Å². The van der Waals surface area contributed by atoms with Gasteiger partial charge in [0.25, 0.3) is 0 Å². The van der Waals surface area contributed by atoms with Crippen molar-refractivity contribution in [1.82, 2.24) is 24.8 Å². The van der Waals surface area contributed by atoms with E-state index in [0.717, 1.165) is 43.6 Å². The molecule has 3 rings (SSSR count). The summed E-state index contributed by atoms with van der Waals surface area (Å²) < 4.78 is 2.09. The topological polar surface area (TPSA) is 63.1 Å². The van der Waals surface area contributed by atoms with Gasteiger partial charge in [0, 0.05) is 48.8 Å². The molecule has 0 radical (unpaired) electrons. The fourth-order valence-corrected chi connectivity index (χ4v) is 3.36. The van der Waals surface area contributed by atoms with Crippen LogP contribution in [-0.2, 0) is 11.3 Å². The van der Waals surface area contributed by atoms with Gasteiger partial charge in [0.2, 0.25) is 5.91 Å². The molecule has 1 aliphatic rings. The normalized spacial score (nSPS) is 17.7. The molecule has 1 atom stereocenters. The molecular weight excluding hydrogens is 326 g/mol. The molecule has 0 spiro atoms. The number of imidazole rings is 1. The van der Waals surface area contributed by atoms with Gasteiger partial charge in [-0.3, -0.25) is 9.78 Å². The monoisotopic (exact) mass is 355 g/mol. The Hall–Kier alpha value is -2.21. The number of hydrogen-bond acceptors (Lipinski definition) is 4. The van der Waals surface area contributed by atoms with Crippen molar-refractivity contribution in [2.24, 2.45) is 0 Å². The van der Waals surface area contributed by atoms with Crippen LogP contribution in [0, 0.1) is 0 Å². The Bertz CT molecular complexity index is 725. The molecule has 26 heavy (non-hydrogen) atoms. The Morgan fingerprint density at radius 2 is 2.27 bits per heavy atom. The molecule has 3 heterocycles. The van der Waals surface area contributed by atoms with Gasteiger partial charge in [0.1, 0.15) is 0 Å². The Labute approximate surface area is 155 Å². The standard InChI is InChI=1S/C20H29N5O/c1-16-6-5-10-25(16)19(26)13-23-20(2,3)8-11-24-14-18(22-15-24)17-7-4-9-21-12-17/h4,7,9,12,14-16,23H,5-6,8,10-11,13H2,1-3H3/t16-/m1/s1. The van der Waals surface area contributed by atoms with Crippen LogP contribution in [0.4, 0.5) is 0 Å². The molecule has 0 aliphatic carbocycles. The first-order chi connectivity index (χ1) is 12.4. The van der Waals surface area contributed by atoms with Crippen LogP contribution in [0.25, 0.3) is 11.3 Å². The molecule has 6 heteroatoms. The smallest absolute Gasteiger partial charge is 0.236 e. The molecule has 0 saturated carbocycles. The number of aromatic nitrogens is 3. The largest absolute Gasteiger partial charge is 0.339 e. The van der Waals surface area contributed by atoms with E-state index in [9.17, 15) is 4.79 Å². The summed E-state index contributed by atoms with van der Waals surface area (Å²) in [7, 11) is 0. The molecule has 0 unspecified atom stereocenters. The molecule has 1 fully saturated rings. The van der Waals surface area contributed by atoms with E-state index in [-0.39, 0.29) is 11.4 Å². The van der Waals surface area contributed by atoms with Gasteiger partial charge >= 0.3 is 0 Å². The van der Waals surface area contributed by atoms with Crippen molar-refractivity contribution in [1.29, 1.82) is 0 Å². The highest BCUT2D eigenvalue weighted by atomic mass is 16.2. The van der Waals surface area contributed by atoms with Crippen LogP contribution < -0.4 is 5.32 Å². The molecule has 1 N–H and O–H groups in total. The molecule has 140 valence electrons. The lowest BCUT2D eigenvalue weighted by Gasteiger charge is -2.29. The van der Waals surface area contributed by atoms with Crippen LogP contribution in [0.5, 0.6) is 0 Å². The molecule has 0 aromatic carbocycles. The van der Waals surface area contributed by atoms with E-state index in [4.69, 9.17) is 0 Å². The van der Waals surface area contributed by atoms with Crippen LogP contribution in [0.2, 0.25) is 0 Å². The van der Waals surface area contributed by atoms with Crippen LogP contribution in [-0.4, -0.2) is 50.0 Å². The Morgan fingerprint density at radius 3 is 2.96 bits per heavy atom. The second kappa shape index (κ2) is 7.99. The fraction of sp³-hybridized carbons (Fsp3) is 0.550. The highest BCUT2D eigenvalue weighted by molar-refractivity contribution is 5.78. The van der Waals surface area contributed by atoms with Gasteiger partial charge in [-0.15, -0.1) is 0 Å². The quantitative estimate of drug-likeness (QED) is 0.829. The van der Waals surface area contributed by atoms with Crippen LogP contribution in [0.15, 0.2) is 37.1 Å². The summed E-state index contributed by atoms with van der Waals surface area (Å²) in [6.07, 6.45) is 10.6. The number of aryl methyl sites for hydroxylation is 1. The maximum atomic E-state index is 12.4. The Balaban J connectivity index is 1.49. The predicted molar refractivity (Wildman–Crippen MR) is 103 cm³/mol. The van der Waals surface area contributed by atoms with Crippen molar-refractivity contribution >= 4 is 5.91 Å². The summed E-state index contributed by atoms with van der Waals surface area (Å²) in [4.78, 5) is 23.0. The molecule has 2 aromatic heterocycles. The van der Waals surface area contributed by atoms with E-state index in [1.54, 1.807) is 6.20 Å². The second-order valence-electron chi connectivity index (χ2n) is 7.80. The van der Waals surface area contributed by atoms with Gasteiger partial charge in [-0.25, -0.2) is 4.98 Å². The van der Waals surface area contributed by atoms with Crippen molar-refractivity contribution in [2.45, 2.75) is 58.2 Å². The number of likely N-dealkylation sites (tertiary alicyclic amines) is 1. The van der Waals surface area contributed by atoms with Crippen molar-refractivity contribution in [2.75, 3.05) is 13.1 Å². The van der Waals surface area contributed by atoms with Crippen molar-refractivity contribution in [3.8, 4) is 11.3 Å². The first-order valence-corrected chi connectivity index (χ1v) is 9.41. The average molecular weight is 355 g/mol. The summed E-state index contributed by atoms with van der Waals surface area (Å²) in [6, 6.07) is 4.31. The third kappa shape index (κ3) is 4.69. The van der Waals surface area contributed by atoms with E-state index in [0.29, 0.717) is 12.6 Å². The lowest BCUT2D eigenvalue weighted by molar-refractivity contribution is -0.131. The van der Waals surface area contributed by atoms with Crippen LogP contribution in [0.3, 0.4) is 0 Å². The zero-order chi connectivity index (χ0) is 18.6. The number of amides is 1. The minimum atomic E-state index is -0.114. The van der Waals surface area contributed by atoms with Gasteiger partial charge in [-0.2, -0.15) is 0 Å². The van der Waals surface area contributed by atoms with E-state index >= 15 is 0 Å². The van der Waals surface area contributed by atoms with Crippen LogP contribution in [0.1, 0.15) is 40.0 Å². The highest BCUT2D eigenvalue weighted by Crippen LogP contribution is 2.18. The number of pyridine rings is 1. The predicted octanol–water partition coefficient (Wildman–Crippen LogP) is 2.71. The summed E-state index contributed by atoms with van der Waals surface area (Å²) in [5, 5.41) is 3.43. The summed E-state index contributed by atoms with van der Waals surface area (Å²) in [6.45, 7) is 8.58. The SMILES string of the molecule is C[C@@H]1CCCN1C(=O)CNC(C)(C)CCn1cnc(-c2cccnc2)c1. The summed E-state index contributed by atoms with van der Waals surface area (Å²) in [5.74, 6) is 0.213. The second-order valence-corrected chi connectivity index (χ2v) is 7.80. The lowest BCUT2D eigenvalue weighted by Crippen LogP contribution is -2.47. The van der Waals surface area contributed by atoms with Gasteiger partial charge < -0.3 is 14.8 Å². The molecule has 1 aliphatic heterocycles. The molecule has 1 amide bonds. The first kappa shape index (κ1) is 18.6. The van der Waals surface area contributed by atoms with Gasteiger partial charge in [-0.1, -0.05) is 0 Å². The first-order valence-electron chi connectivity index (χ1n) is 9.41. The molecule has 0 bridgehead atoms. The summed E-state index contributed by atoms with van der Waals surface area (Å²) in [5.41, 5.74) is 1.84. The zero-order valence-corrected chi connectivity index (χ0v) is 16.0. The zero-order valence-electron chi connectivity index (χ0n) is 16.0. The van der Waals surface area contributed by atoms with Gasteiger partial charge in [0.05, 0.1) is 18.6 Å². The van der Waals surface area contributed by atoms with Crippen molar-refractivity contribution in [3.63, 3.8) is 0 Å². The Morgan fingerprint density at radius 1 is 1.42 bits per heavy atom. The average Bonchev–Trinajstić information content (AvgIpc) is 3.28. The maximum absolute atomic E-state index is 12.4. The molecule has 1 saturated heterocycles. The van der Waals surface area contributed by atoms with E-state index in [1.165, 1.54) is 0 Å². The number of nitrogens with zero attached hydrogens (tertiary/aromatic N) is 4. The Kier molecular flexibility index (Phi) is 5.71. The number of rotatable bonds is 7. The maximum Gasteiger partial charge on any atom is 0.236 e. The molecule has 6 nitrogen and oxygen atoms in total. The molecular formula is C20H29N5O. The van der Waals surface area contributed by atoms with Crippen molar-refractivity contribution in [3.05, 3.63) is 37.1 Å². The third-order valence-corrected chi connectivity index (χ3v) is 5.18. The van der Waals surface area contributed by atoms with E-state index < -0.39 is 0 Å². The molecule has 2 aromatic rings. The van der Waals surface area contributed by atoms with E-state index in [1.807, 2.05) is 35.8 Å². The fourth-order valence-electron chi connectivity index (χ4n) is 3.36. The van der Waals surface area contributed by atoms with Crippen LogP contribution >= 0.6 is 0 Å². The number of carbonyl (C=O) groups is 1.